The topological polar surface area (TPSA) is 90.4 Å². The Balaban J connectivity index is 1.88. The molecule has 170 valence electrons. The first-order chi connectivity index (χ1) is 15.8. The van der Waals surface area contributed by atoms with Crippen molar-refractivity contribution in [2.75, 3.05) is 5.32 Å². The summed E-state index contributed by atoms with van der Waals surface area (Å²) < 4.78 is 16.8. The summed E-state index contributed by atoms with van der Waals surface area (Å²) in [5.41, 5.74) is 5.60. The van der Waals surface area contributed by atoms with Gasteiger partial charge in [0.1, 0.15) is 17.6 Å². The molecule has 0 aliphatic rings. The molecule has 1 aromatic carbocycles. The molecule has 0 fully saturated rings. The summed E-state index contributed by atoms with van der Waals surface area (Å²) in [6, 6.07) is 10.6. The molecular weight excluding hydrogens is 483 g/mol. The number of hydrogen-bond donors (Lipinski definition) is 2. The van der Waals surface area contributed by atoms with Crippen molar-refractivity contribution >= 4 is 27.8 Å². The van der Waals surface area contributed by atoms with Gasteiger partial charge in [-0.25, -0.2) is 4.39 Å². The summed E-state index contributed by atoms with van der Waals surface area (Å²) in [5, 5.41) is 24.7. The predicted molar refractivity (Wildman–Crippen MR) is 132 cm³/mol. The predicted octanol–water partition coefficient (Wildman–Crippen LogP) is 5.91. The third kappa shape index (κ3) is 6.14. The first-order valence-corrected chi connectivity index (χ1v) is 11.5. The van der Waals surface area contributed by atoms with Gasteiger partial charge in [0.2, 0.25) is 0 Å². The van der Waals surface area contributed by atoms with Crippen LogP contribution in [0.5, 0.6) is 0 Å². The fourth-order valence-electron chi connectivity index (χ4n) is 3.75. The van der Waals surface area contributed by atoms with Gasteiger partial charge in [0.05, 0.1) is 5.69 Å². The molecule has 2 aromatic heterocycles. The van der Waals surface area contributed by atoms with Gasteiger partial charge in [-0.2, -0.15) is 10.4 Å². The van der Waals surface area contributed by atoms with Gasteiger partial charge in [0.15, 0.2) is 0 Å². The van der Waals surface area contributed by atoms with E-state index >= 15 is 0 Å². The van der Waals surface area contributed by atoms with Gasteiger partial charge in [-0.15, -0.1) is 0 Å². The second-order valence-corrected chi connectivity index (χ2v) is 8.76. The molecule has 2 N–H and O–H groups in total. The van der Waals surface area contributed by atoms with Crippen LogP contribution in [0.4, 0.5) is 10.1 Å². The van der Waals surface area contributed by atoms with Crippen LogP contribution in [0, 0.1) is 29.5 Å². The normalized spacial score (nSPS) is 12.3. The van der Waals surface area contributed by atoms with E-state index in [2.05, 4.69) is 44.3 Å². The lowest BCUT2D eigenvalue weighted by Gasteiger charge is -2.20. The van der Waals surface area contributed by atoms with E-state index in [0.29, 0.717) is 25.1 Å². The number of pyridine rings is 1. The largest absolute Gasteiger partial charge is 0.358 e. The third-order valence-electron chi connectivity index (χ3n) is 5.42. The van der Waals surface area contributed by atoms with Crippen molar-refractivity contribution in [3.63, 3.8) is 0 Å². The summed E-state index contributed by atoms with van der Waals surface area (Å²) in [6.07, 6.45) is 5.73. The zero-order chi connectivity index (χ0) is 24.0. The van der Waals surface area contributed by atoms with E-state index in [1.54, 1.807) is 35.2 Å². The second-order valence-electron chi connectivity index (χ2n) is 7.84. The third-order valence-corrected chi connectivity index (χ3v) is 5.86. The SMILES string of the molecule is CCn1nc(C/C(=C/C=N)Nc2ccc(F)cc2[C@@H](C)Cc2cc(Br)cnc2C)cc1C#N. The zero-order valence-electron chi connectivity index (χ0n) is 18.9. The summed E-state index contributed by atoms with van der Waals surface area (Å²) in [6.45, 7) is 6.56. The van der Waals surface area contributed by atoms with Gasteiger partial charge in [0.25, 0.3) is 0 Å². The molecule has 6 nitrogen and oxygen atoms in total. The number of anilines is 1. The first kappa shape index (κ1) is 24.3. The van der Waals surface area contributed by atoms with E-state index in [4.69, 9.17) is 5.41 Å². The molecule has 33 heavy (non-hydrogen) atoms. The zero-order valence-corrected chi connectivity index (χ0v) is 20.4. The molecule has 0 amide bonds. The fraction of sp³-hybridized carbons (Fsp3) is 0.280. The first-order valence-electron chi connectivity index (χ1n) is 10.7. The maximum Gasteiger partial charge on any atom is 0.138 e. The van der Waals surface area contributed by atoms with Crippen LogP contribution in [0.2, 0.25) is 0 Å². The summed E-state index contributed by atoms with van der Waals surface area (Å²) >= 11 is 3.48. The summed E-state index contributed by atoms with van der Waals surface area (Å²) in [5.74, 6) is -0.284. The molecular formula is C25H26BrFN6. The van der Waals surface area contributed by atoms with E-state index in [1.807, 2.05) is 19.9 Å². The average molecular weight is 509 g/mol. The number of nitriles is 1. The molecule has 0 aliphatic heterocycles. The lowest BCUT2D eigenvalue weighted by molar-refractivity contribution is 0.621. The van der Waals surface area contributed by atoms with E-state index in [9.17, 15) is 9.65 Å². The van der Waals surface area contributed by atoms with E-state index in [-0.39, 0.29) is 11.7 Å². The lowest BCUT2D eigenvalue weighted by atomic mass is 9.91. The number of rotatable bonds is 9. The van der Waals surface area contributed by atoms with Crippen LogP contribution in [0.25, 0.3) is 0 Å². The van der Waals surface area contributed by atoms with Crippen molar-refractivity contribution in [3.05, 3.63) is 86.8 Å². The van der Waals surface area contributed by atoms with E-state index < -0.39 is 0 Å². The molecule has 0 bridgehead atoms. The monoisotopic (exact) mass is 508 g/mol. The highest BCUT2D eigenvalue weighted by molar-refractivity contribution is 9.10. The standard InChI is InChI=1S/C25H26BrFN6/c1-4-33-23(14-29)13-22(32-33)12-21(7-8-28)31-25-6-5-20(27)11-24(25)16(2)9-18-10-19(26)15-30-17(18)3/h5-8,10-11,13,15-16,28,31H,4,9,12H2,1-3H3/b21-7-,28-8?/t16-/m0/s1. The summed E-state index contributed by atoms with van der Waals surface area (Å²) in [7, 11) is 0. The Hall–Kier alpha value is -3.31. The van der Waals surface area contributed by atoms with Crippen LogP contribution in [-0.2, 0) is 19.4 Å². The molecule has 0 unspecified atom stereocenters. The molecule has 3 rings (SSSR count). The number of aromatic nitrogens is 3. The molecule has 1 atom stereocenters. The van der Waals surface area contributed by atoms with Gasteiger partial charge in [0, 0.05) is 46.9 Å². The minimum absolute atomic E-state index is 0.0173. The van der Waals surface area contributed by atoms with E-state index in [1.165, 1.54) is 12.3 Å². The van der Waals surface area contributed by atoms with Crippen molar-refractivity contribution in [2.24, 2.45) is 0 Å². The maximum atomic E-state index is 14.2. The minimum atomic E-state index is -0.301. The lowest BCUT2D eigenvalue weighted by Crippen LogP contribution is -2.10. The summed E-state index contributed by atoms with van der Waals surface area (Å²) in [4.78, 5) is 4.41. The highest BCUT2D eigenvalue weighted by Gasteiger charge is 2.16. The smallest absolute Gasteiger partial charge is 0.138 e. The van der Waals surface area contributed by atoms with Gasteiger partial charge >= 0.3 is 0 Å². The number of hydrogen-bond acceptors (Lipinski definition) is 5. The van der Waals surface area contributed by atoms with Gasteiger partial charge in [-0.1, -0.05) is 6.92 Å². The number of aryl methyl sites for hydroxylation is 2. The van der Waals surface area contributed by atoms with Crippen LogP contribution in [0.15, 0.2) is 52.8 Å². The van der Waals surface area contributed by atoms with Crippen molar-refractivity contribution in [1.82, 2.24) is 14.8 Å². The number of nitrogens with zero attached hydrogens (tertiary/aromatic N) is 4. The quantitative estimate of drug-likeness (QED) is 0.351. The molecule has 0 saturated heterocycles. The number of allylic oxidation sites excluding steroid dienone is 2. The Morgan fingerprint density at radius 2 is 2.15 bits per heavy atom. The van der Waals surface area contributed by atoms with Gasteiger partial charge in [-0.05, 0) is 89.7 Å². The van der Waals surface area contributed by atoms with Crippen LogP contribution in [0.3, 0.4) is 0 Å². The number of nitrogens with one attached hydrogen (secondary N) is 2. The van der Waals surface area contributed by atoms with Crippen molar-refractivity contribution in [3.8, 4) is 6.07 Å². The average Bonchev–Trinajstić information content (AvgIpc) is 3.19. The Morgan fingerprint density at radius 1 is 1.36 bits per heavy atom. The van der Waals surface area contributed by atoms with Crippen LogP contribution in [0.1, 0.15) is 48.0 Å². The molecule has 2 heterocycles. The minimum Gasteiger partial charge on any atom is -0.358 e. The highest BCUT2D eigenvalue weighted by Crippen LogP contribution is 2.31. The molecule has 0 saturated carbocycles. The van der Waals surface area contributed by atoms with Crippen molar-refractivity contribution in [2.45, 2.75) is 46.1 Å². The highest BCUT2D eigenvalue weighted by atomic mass is 79.9. The Bertz CT molecular complexity index is 1220. The second kappa shape index (κ2) is 11.0. The number of halogens is 2. The van der Waals surface area contributed by atoms with Gasteiger partial charge < -0.3 is 10.7 Å². The molecule has 3 aromatic rings. The van der Waals surface area contributed by atoms with Crippen molar-refractivity contribution in [1.29, 1.82) is 10.7 Å². The fourth-order valence-corrected chi connectivity index (χ4v) is 4.13. The molecule has 0 radical (unpaired) electrons. The maximum absolute atomic E-state index is 14.2. The van der Waals surface area contributed by atoms with Crippen LogP contribution in [-0.4, -0.2) is 21.0 Å². The van der Waals surface area contributed by atoms with Crippen molar-refractivity contribution < 1.29 is 4.39 Å². The molecule has 0 aliphatic carbocycles. The Labute approximate surface area is 201 Å². The van der Waals surface area contributed by atoms with Crippen LogP contribution >= 0.6 is 15.9 Å². The van der Waals surface area contributed by atoms with E-state index in [0.717, 1.165) is 38.4 Å². The van der Waals surface area contributed by atoms with Crippen LogP contribution < -0.4 is 5.32 Å². The number of benzene rings is 1. The molecule has 0 spiro atoms. The Morgan fingerprint density at radius 3 is 2.82 bits per heavy atom. The van der Waals surface area contributed by atoms with Gasteiger partial charge in [-0.3, -0.25) is 9.67 Å². The molecule has 8 heteroatoms. The Kier molecular flexibility index (Phi) is 8.12.